The van der Waals surface area contributed by atoms with Gasteiger partial charge in [-0.25, -0.2) is 15.0 Å². The van der Waals surface area contributed by atoms with E-state index in [4.69, 9.17) is 74.3 Å². The third-order valence-corrected chi connectivity index (χ3v) is 9.00. The van der Waals surface area contributed by atoms with Gasteiger partial charge in [0.2, 0.25) is 0 Å². The van der Waals surface area contributed by atoms with E-state index in [0.29, 0.717) is 28.0 Å². The first kappa shape index (κ1) is 31.8. The smallest absolute Gasteiger partial charge is 0.164 e. The summed E-state index contributed by atoms with van der Waals surface area (Å²) in [5, 5.41) is 0.780. The summed E-state index contributed by atoms with van der Waals surface area (Å²) >= 11 is 0. The first-order valence-electron chi connectivity index (χ1n) is 15.7. The van der Waals surface area contributed by atoms with E-state index in [2.05, 4.69) is 24.3 Å². The molecule has 50 heavy (non-hydrogen) atoms. The summed E-state index contributed by atoms with van der Waals surface area (Å²) in [5.74, 6) is 1.03. The lowest BCUT2D eigenvalue weighted by molar-refractivity contribution is 0.675. The van der Waals surface area contributed by atoms with Crippen molar-refractivity contribution in [3.63, 3.8) is 0 Å². The molecule has 0 bridgehead atoms. The summed E-state index contributed by atoms with van der Waals surface area (Å²) in [6.45, 7) is 0. The van der Waals surface area contributed by atoms with Crippen LogP contribution in [0.5, 0.6) is 0 Å². The van der Waals surface area contributed by atoms with Crippen LogP contribution in [0.2, 0.25) is 0 Å². The molecule has 0 aliphatic heterocycles. The molecular formula is C39H18B7N3O. The number of hydrogen-bond donors (Lipinski definition) is 0. The molecule has 0 N–H and O–H groups in total. The van der Waals surface area contributed by atoms with Crippen molar-refractivity contribution in [3.8, 4) is 56.4 Å². The van der Waals surface area contributed by atoms with Gasteiger partial charge in [0.25, 0.3) is 0 Å². The van der Waals surface area contributed by atoms with E-state index in [1.807, 2.05) is 84.9 Å². The van der Waals surface area contributed by atoms with Crippen molar-refractivity contribution in [1.82, 2.24) is 15.0 Å². The van der Waals surface area contributed by atoms with Crippen LogP contribution < -0.4 is 38.2 Å². The highest BCUT2D eigenvalue weighted by Gasteiger charge is 2.25. The Bertz CT molecular complexity index is 2490. The minimum absolute atomic E-state index is 0.0904. The third-order valence-electron chi connectivity index (χ3n) is 9.00. The topological polar surface area (TPSA) is 51.8 Å². The van der Waals surface area contributed by atoms with Crippen LogP contribution in [-0.2, 0) is 0 Å². The molecular weight excluding hydrogens is 602 g/mol. The van der Waals surface area contributed by atoms with Gasteiger partial charge in [0, 0.05) is 27.5 Å². The Morgan fingerprint density at radius 2 is 0.680 bits per heavy atom. The molecule has 0 saturated carbocycles. The Morgan fingerprint density at radius 1 is 0.320 bits per heavy atom. The van der Waals surface area contributed by atoms with Crippen LogP contribution >= 0.6 is 0 Å². The van der Waals surface area contributed by atoms with Crippen molar-refractivity contribution in [2.45, 2.75) is 0 Å². The average molecular weight is 620 g/mol. The molecule has 0 atom stereocenters. The normalized spacial score (nSPS) is 11.4. The van der Waals surface area contributed by atoms with Gasteiger partial charge < -0.3 is 4.42 Å². The Morgan fingerprint density at radius 3 is 1.16 bits per heavy atom. The lowest BCUT2D eigenvalue weighted by Gasteiger charge is -2.17. The fourth-order valence-corrected chi connectivity index (χ4v) is 6.25. The maximum absolute atomic E-state index is 6.76. The van der Waals surface area contributed by atoms with Gasteiger partial charge in [-0.05, 0) is 22.3 Å². The van der Waals surface area contributed by atoms with Gasteiger partial charge in [0.1, 0.15) is 66.1 Å². The summed E-state index contributed by atoms with van der Waals surface area (Å²) in [7, 11) is 45.1. The Kier molecular flexibility index (Phi) is 7.94. The van der Waals surface area contributed by atoms with Gasteiger partial charge in [-0.15, -0.1) is 16.4 Å². The molecule has 0 saturated heterocycles. The van der Waals surface area contributed by atoms with Crippen molar-refractivity contribution < 1.29 is 4.42 Å². The zero-order valence-electron chi connectivity index (χ0n) is 26.7. The molecule has 6 aromatic carbocycles. The summed E-state index contributed by atoms with van der Waals surface area (Å²) in [6.07, 6.45) is 0. The molecule has 4 nitrogen and oxygen atoms in total. The van der Waals surface area contributed by atoms with E-state index in [1.54, 1.807) is 0 Å². The van der Waals surface area contributed by atoms with Crippen molar-refractivity contribution >= 4 is 115 Å². The molecule has 2 heterocycles. The van der Waals surface area contributed by atoms with Crippen molar-refractivity contribution in [3.05, 3.63) is 109 Å². The number of nitrogens with zero attached hydrogens (tertiary/aromatic N) is 3. The maximum atomic E-state index is 6.76. The molecule has 0 amide bonds. The third kappa shape index (κ3) is 5.24. The van der Waals surface area contributed by atoms with Gasteiger partial charge in [0.05, 0.1) is 0 Å². The molecule has 0 aliphatic rings. The van der Waals surface area contributed by atoms with Crippen LogP contribution in [0.1, 0.15) is 0 Å². The predicted octanol–water partition coefficient (Wildman–Crippen LogP) is 1.66. The van der Waals surface area contributed by atoms with Crippen LogP contribution in [0.3, 0.4) is 0 Å². The van der Waals surface area contributed by atoms with Crippen molar-refractivity contribution in [2.24, 2.45) is 0 Å². The largest absolute Gasteiger partial charge is 0.457 e. The van der Waals surface area contributed by atoms with Gasteiger partial charge >= 0.3 is 0 Å². The number of rotatable bonds is 5. The second kappa shape index (κ2) is 12.5. The first-order chi connectivity index (χ1) is 24.2. The van der Waals surface area contributed by atoms with E-state index < -0.39 is 0 Å². The standard InChI is InChI=1S/C39H18B7N3O/c40-28-26-25-27(29(41)31(43)33(45)35(25)50-36(26)34(46)32(44)30(28)42)39-48-37(23-15-11-21(12-16-23)19-7-3-1-4-8-19)47-38(49-39)24-17-13-22(14-18-24)20-9-5-2-6-10-20/h1-18H. The molecule has 0 fully saturated rings. The quantitative estimate of drug-likeness (QED) is 0.275. The predicted molar refractivity (Wildman–Crippen MR) is 212 cm³/mol. The summed E-state index contributed by atoms with van der Waals surface area (Å²) in [5.41, 5.74) is 7.32. The van der Waals surface area contributed by atoms with Gasteiger partial charge in [-0.1, -0.05) is 131 Å². The van der Waals surface area contributed by atoms with E-state index in [-0.39, 0.29) is 55.2 Å². The summed E-state index contributed by atoms with van der Waals surface area (Å²) in [4.78, 5) is 14.9. The Hall–Kier alpha value is -5.42. The van der Waals surface area contributed by atoms with Crippen molar-refractivity contribution in [2.75, 3.05) is 0 Å². The monoisotopic (exact) mass is 621 g/mol. The second-order valence-corrected chi connectivity index (χ2v) is 12.0. The van der Waals surface area contributed by atoms with Gasteiger partial charge in [0.15, 0.2) is 17.5 Å². The summed E-state index contributed by atoms with van der Waals surface area (Å²) < 4.78 is 6.20. The maximum Gasteiger partial charge on any atom is 0.164 e. The van der Waals surface area contributed by atoms with E-state index in [1.165, 1.54) is 0 Å². The SMILES string of the molecule is [B]c1c([B])c([B])c2c(oc3c([B])c([B])c([B])c(-c4nc(-c5ccc(-c6ccccc6)cc5)nc(-c5ccc(-c6ccccc6)cc5)n4)c32)c1[B]. The van der Waals surface area contributed by atoms with Crippen molar-refractivity contribution in [1.29, 1.82) is 0 Å². The zero-order chi connectivity index (χ0) is 34.7. The van der Waals surface area contributed by atoms with E-state index >= 15 is 0 Å². The number of aromatic nitrogens is 3. The molecule has 8 rings (SSSR count). The molecule has 8 aromatic rings. The number of fused-ring (bicyclic) bond motifs is 3. The highest BCUT2D eigenvalue weighted by atomic mass is 16.3. The number of furan rings is 1. The summed E-state index contributed by atoms with van der Waals surface area (Å²) in [6, 6.07) is 36.2. The second-order valence-electron chi connectivity index (χ2n) is 12.0. The minimum Gasteiger partial charge on any atom is -0.457 e. The van der Waals surface area contributed by atoms with Crippen LogP contribution in [0, 0.1) is 0 Å². The molecule has 0 unspecified atom stereocenters. The Balaban J connectivity index is 1.39. The fraction of sp³-hybridized carbons (Fsp3) is 0. The Labute approximate surface area is 299 Å². The van der Waals surface area contributed by atoms with Crippen LogP contribution in [0.15, 0.2) is 114 Å². The average Bonchev–Trinajstić information content (AvgIpc) is 3.57. The van der Waals surface area contributed by atoms with Gasteiger partial charge in [-0.2, -0.15) is 0 Å². The fourth-order valence-electron chi connectivity index (χ4n) is 6.25. The molecule has 0 aliphatic carbocycles. The van der Waals surface area contributed by atoms with E-state index in [9.17, 15) is 0 Å². The van der Waals surface area contributed by atoms with Crippen LogP contribution in [0.25, 0.3) is 78.4 Å². The van der Waals surface area contributed by atoms with Gasteiger partial charge in [-0.3, -0.25) is 0 Å². The lowest BCUT2D eigenvalue weighted by atomic mass is 9.64. The first-order valence-corrected chi connectivity index (χ1v) is 15.7. The minimum atomic E-state index is 0.0904. The van der Waals surface area contributed by atoms with Crippen LogP contribution in [0.4, 0.5) is 0 Å². The lowest BCUT2D eigenvalue weighted by Crippen LogP contribution is -2.47. The molecule has 2 aromatic heterocycles. The van der Waals surface area contributed by atoms with E-state index in [0.717, 1.165) is 33.4 Å². The number of hydrogen-bond acceptors (Lipinski definition) is 4. The highest BCUT2D eigenvalue weighted by molar-refractivity contribution is 6.68. The number of benzene rings is 6. The highest BCUT2D eigenvalue weighted by Crippen LogP contribution is 2.33. The molecule has 11 heteroatoms. The molecule has 216 valence electrons. The zero-order valence-corrected chi connectivity index (χ0v) is 26.7. The molecule has 0 spiro atoms. The molecule has 14 radical (unpaired) electrons. The van der Waals surface area contributed by atoms with Crippen LogP contribution in [-0.4, -0.2) is 69.9 Å².